The summed E-state index contributed by atoms with van der Waals surface area (Å²) in [4.78, 5) is 15.4. The molecule has 0 aliphatic heterocycles. The summed E-state index contributed by atoms with van der Waals surface area (Å²) in [5, 5.41) is 2.46. The first-order valence-corrected chi connectivity index (χ1v) is 5.39. The number of benzene rings is 1. The molecule has 1 amide bonds. The molecule has 4 heteroatoms. The molecule has 18 heavy (non-hydrogen) atoms. The van der Waals surface area contributed by atoms with E-state index in [2.05, 4.69) is 10.3 Å². The predicted octanol–water partition coefficient (Wildman–Crippen LogP) is 2.87. The van der Waals surface area contributed by atoms with E-state index in [4.69, 9.17) is 0 Å². The Balaban J connectivity index is 2.02. The van der Waals surface area contributed by atoms with Crippen LogP contribution in [-0.2, 0) is 4.79 Å². The Bertz CT molecular complexity index is 567. The van der Waals surface area contributed by atoms with Crippen LogP contribution in [0.4, 0.5) is 10.1 Å². The number of nitrogens with one attached hydrogen (secondary N) is 1. The van der Waals surface area contributed by atoms with E-state index in [0.717, 1.165) is 5.56 Å². The van der Waals surface area contributed by atoms with E-state index in [-0.39, 0.29) is 11.6 Å². The van der Waals surface area contributed by atoms with E-state index in [0.29, 0.717) is 0 Å². The second-order valence-electron chi connectivity index (χ2n) is 3.58. The average molecular weight is 242 g/mol. The Labute approximate surface area is 104 Å². The van der Waals surface area contributed by atoms with E-state index < -0.39 is 5.82 Å². The molecule has 2 rings (SSSR count). The lowest BCUT2D eigenvalue weighted by Crippen LogP contribution is -2.08. The summed E-state index contributed by atoms with van der Waals surface area (Å²) >= 11 is 0. The van der Waals surface area contributed by atoms with Gasteiger partial charge in [0.2, 0.25) is 5.91 Å². The summed E-state index contributed by atoms with van der Waals surface area (Å²) in [5.74, 6) is -0.833. The second kappa shape index (κ2) is 5.72. The molecule has 0 aliphatic rings. The minimum Gasteiger partial charge on any atom is -0.320 e. The van der Waals surface area contributed by atoms with Gasteiger partial charge in [-0.3, -0.25) is 9.78 Å². The average Bonchev–Trinajstić information content (AvgIpc) is 2.40. The van der Waals surface area contributed by atoms with E-state index in [1.54, 1.807) is 42.7 Å². The lowest BCUT2D eigenvalue weighted by molar-refractivity contribution is -0.111. The largest absolute Gasteiger partial charge is 0.320 e. The van der Waals surface area contributed by atoms with Gasteiger partial charge in [0.15, 0.2) is 0 Å². The second-order valence-corrected chi connectivity index (χ2v) is 3.58. The number of anilines is 1. The SMILES string of the molecule is O=C(C=Cc1ccncc1)Nc1ccccc1F. The van der Waals surface area contributed by atoms with Crippen molar-refractivity contribution in [1.82, 2.24) is 4.98 Å². The molecule has 3 nitrogen and oxygen atoms in total. The van der Waals surface area contributed by atoms with Gasteiger partial charge in [-0.2, -0.15) is 0 Å². The summed E-state index contributed by atoms with van der Waals surface area (Å²) in [5.41, 5.74) is 1.02. The number of carbonyl (C=O) groups is 1. The standard InChI is InChI=1S/C14H11FN2O/c15-12-3-1-2-4-13(12)17-14(18)6-5-11-7-9-16-10-8-11/h1-10H,(H,17,18). The van der Waals surface area contributed by atoms with Crippen LogP contribution < -0.4 is 5.32 Å². The Morgan fingerprint density at radius 1 is 1.17 bits per heavy atom. The predicted molar refractivity (Wildman–Crippen MR) is 68.3 cm³/mol. The minimum atomic E-state index is -0.455. The molecular weight excluding hydrogens is 231 g/mol. The third-order valence-electron chi connectivity index (χ3n) is 2.26. The van der Waals surface area contributed by atoms with Crippen LogP contribution in [0, 0.1) is 5.82 Å². The number of aromatic nitrogens is 1. The highest BCUT2D eigenvalue weighted by molar-refractivity contribution is 6.01. The van der Waals surface area contributed by atoms with Crippen molar-refractivity contribution in [2.24, 2.45) is 0 Å². The number of halogens is 1. The van der Waals surface area contributed by atoms with Gasteiger partial charge in [-0.1, -0.05) is 12.1 Å². The number of carbonyl (C=O) groups excluding carboxylic acids is 1. The van der Waals surface area contributed by atoms with Crippen LogP contribution in [0.3, 0.4) is 0 Å². The third-order valence-corrected chi connectivity index (χ3v) is 2.26. The van der Waals surface area contributed by atoms with Gasteiger partial charge in [0.1, 0.15) is 5.82 Å². The molecule has 0 atom stereocenters. The van der Waals surface area contributed by atoms with Gasteiger partial charge in [-0.25, -0.2) is 4.39 Å². The lowest BCUT2D eigenvalue weighted by Gasteiger charge is -2.02. The highest BCUT2D eigenvalue weighted by Gasteiger charge is 2.02. The van der Waals surface area contributed by atoms with Crippen LogP contribution in [0.25, 0.3) is 6.08 Å². The molecule has 1 aromatic heterocycles. The van der Waals surface area contributed by atoms with Crippen LogP contribution >= 0.6 is 0 Å². The normalized spacial score (nSPS) is 10.5. The first kappa shape index (κ1) is 12.0. The number of hydrogen-bond donors (Lipinski definition) is 1. The maximum absolute atomic E-state index is 13.3. The summed E-state index contributed by atoms with van der Waals surface area (Å²) < 4.78 is 13.3. The zero-order chi connectivity index (χ0) is 12.8. The number of amides is 1. The Hall–Kier alpha value is -2.49. The number of nitrogens with zero attached hydrogens (tertiary/aromatic N) is 1. The van der Waals surface area contributed by atoms with Crippen molar-refractivity contribution >= 4 is 17.7 Å². The number of hydrogen-bond acceptors (Lipinski definition) is 2. The molecule has 0 saturated carbocycles. The fourth-order valence-electron chi connectivity index (χ4n) is 1.38. The number of rotatable bonds is 3. The summed E-state index contributed by atoms with van der Waals surface area (Å²) in [7, 11) is 0. The van der Waals surface area contributed by atoms with E-state index >= 15 is 0 Å². The quantitative estimate of drug-likeness (QED) is 0.841. The van der Waals surface area contributed by atoms with Crippen molar-refractivity contribution in [2.75, 3.05) is 5.32 Å². The van der Waals surface area contributed by atoms with Crippen molar-refractivity contribution in [3.05, 3.63) is 66.2 Å². The van der Waals surface area contributed by atoms with Crippen molar-refractivity contribution in [3.8, 4) is 0 Å². The minimum absolute atomic E-state index is 0.168. The van der Waals surface area contributed by atoms with Crippen molar-refractivity contribution in [1.29, 1.82) is 0 Å². The van der Waals surface area contributed by atoms with Gasteiger partial charge in [0, 0.05) is 18.5 Å². The van der Waals surface area contributed by atoms with Gasteiger partial charge in [0.25, 0.3) is 0 Å². The molecule has 90 valence electrons. The maximum atomic E-state index is 13.3. The highest BCUT2D eigenvalue weighted by atomic mass is 19.1. The number of para-hydroxylation sites is 1. The molecule has 1 aromatic carbocycles. The fourth-order valence-corrected chi connectivity index (χ4v) is 1.38. The smallest absolute Gasteiger partial charge is 0.248 e. The zero-order valence-electron chi connectivity index (χ0n) is 9.51. The van der Waals surface area contributed by atoms with Gasteiger partial charge in [-0.05, 0) is 35.9 Å². The highest BCUT2D eigenvalue weighted by Crippen LogP contribution is 2.12. The maximum Gasteiger partial charge on any atom is 0.248 e. The van der Waals surface area contributed by atoms with Crippen molar-refractivity contribution < 1.29 is 9.18 Å². The number of pyridine rings is 1. The molecule has 0 radical (unpaired) electrons. The van der Waals surface area contributed by atoms with Gasteiger partial charge in [0.05, 0.1) is 5.69 Å². The first-order valence-electron chi connectivity index (χ1n) is 5.39. The first-order chi connectivity index (χ1) is 8.75. The molecule has 0 fully saturated rings. The molecule has 0 bridgehead atoms. The van der Waals surface area contributed by atoms with E-state index in [1.807, 2.05) is 0 Å². The molecule has 0 aliphatic carbocycles. The van der Waals surface area contributed by atoms with Gasteiger partial charge in [-0.15, -0.1) is 0 Å². The molecule has 0 spiro atoms. The lowest BCUT2D eigenvalue weighted by atomic mass is 10.2. The molecule has 2 aromatic rings. The molecular formula is C14H11FN2O. The third kappa shape index (κ3) is 3.25. The summed E-state index contributed by atoms with van der Waals surface area (Å²) in [6.45, 7) is 0. The monoisotopic (exact) mass is 242 g/mol. The molecule has 0 unspecified atom stereocenters. The van der Waals surface area contributed by atoms with Crippen molar-refractivity contribution in [3.63, 3.8) is 0 Å². The topological polar surface area (TPSA) is 42.0 Å². The molecule has 1 N–H and O–H groups in total. The summed E-state index contributed by atoms with van der Waals surface area (Å²) in [6.07, 6.45) is 6.25. The Morgan fingerprint density at radius 2 is 1.89 bits per heavy atom. The van der Waals surface area contributed by atoms with Crippen LogP contribution in [-0.4, -0.2) is 10.9 Å². The Morgan fingerprint density at radius 3 is 2.61 bits per heavy atom. The van der Waals surface area contributed by atoms with Crippen LogP contribution in [0.5, 0.6) is 0 Å². The van der Waals surface area contributed by atoms with Crippen LogP contribution in [0.15, 0.2) is 54.9 Å². The zero-order valence-corrected chi connectivity index (χ0v) is 9.51. The van der Waals surface area contributed by atoms with Crippen molar-refractivity contribution in [2.45, 2.75) is 0 Å². The van der Waals surface area contributed by atoms with Gasteiger partial charge >= 0.3 is 0 Å². The van der Waals surface area contributed by atoms with Gasteiger partial charge < -0.3 is 5.32 Å². The molecule has 1 heterocycles. The Kier molecular flexibility index (Phi) is 3.81. The fraction of sp³-hybridized carbons (Fsp3) is 0. The van der Waals surface area contributed by atoms with Crippen LogP contribution in [0.2, 0.25) is 0 Å². The van der Waals surface area contributed by atoms with Crippen LogP contribution in [0.1, 0.15) is 5.56 Å². The van der Waals surface area contributed by atoms with E-state index in [1.165, 1.54) is 18.2 Å². The molecule has 0 saturated heterocycles. The summed E-state index contributed by atoms with van der Waals surface area (Å²) in [6, 6.07) is 9.57. The van der Waals surface area contributed by atoms with E-state index in [9.17, 15) is 9.18 Å².